The molecule has 0 bridgehead atoms. The van der Waals surface area contributed by atoms with E-state index in [2.05, 4.69) is 50.5 Å². The number of benzene rings is 1. The number of nitrogens with one attached hydrogen (secondary N) is 2. The van der Waals surface area contributed by atoms with E-state index in [-0.39, 0.29) is 35.3 Å². The Bertz CT molecular complexity index is 639. The van der Waals surface area contributed by atoms with Crippen molar-refractivity contribution in [3.8, 4) is 0 Å². The number of hydrogen-bond donors (Lipinski definition) is 2. The van der Waals surface area contributed by atoms with Gasteiger partial charge in [-0.2, -0.15) is 0 Å². The summed E-state index contributed by atoms with van der Waals surface area (Å²) >= 11 is 3.51. The lowest BCUT2D eigenvalue weighted by Crippen LogP contribution is -2.51. The molecule has 1 atom stereocenters. The molecule has 5 nitrogen and oxygen atoms in total. The summed E-state index contributed by atoms with van der Waals surface area (Å²) in [6.07, 6.45) is 2.87. The quantitative estimate of drug-likeness (QED) is 0.366. The van der Waals surface area contributed by atoms with Gasteiger partial charge in [0.05, 0.1) is 6.54 Å². The van der Waals surface area contributed by atoms with E-state index in [0.717, 1.165) is 49.5 Å². The molecule has 2 fully saturated rings. The summed E-state index contributed by atoms with van der Waals surface area (Å²) in [6.45, 7) is 6.29. The molecule has 7 heteroatoms. The Balaban J connectivity index is 0.00000225. The second-order valence-corrected chi connectivity index (χ2v) is 7.69. The van der Waals surface area contributed by atoms with Crippen LogP contribution in [0.3, 0.4) is 0 Å². The van der Waals surface area contributed by atoms with Gasteiger partial charge in [-0.1, -0.05) is 28.1 Å². The zero-order valence-corrected chi connectivity index (χ0v) is 18.5. The normalized spacial score (nSPS) is 23.4. The van der Waals surface area contributed by atoms with E-state index in [1.165, 1.54) is 5.56 Å². The molecule has 3 rings (SSSR count). The van der Waals surface area contributed by atoms with E-state index in [1.807, 2.05) is 12.1 Å². The summed E-state index contributed by atoms with van der Waals surface area (Å²) < 4.78 is 1.08. The molecule has 1 aromatic rings. The fourth-order valence-corrected chi connectivity index (χ4v) is 4.10. The number of guanidine groups is 1. The Labute approximate surface area is 175 Å². The Morgan fingerprint density at radius 1 is 1.48 bits per heavy atom. The number of rotatable bonds is 3. The molecular formula is C18H26BrIN4O. The SMILES string of the molecule is CCNC(=NCc1cccc(Br)c1)N1CCCC2(CNC(=O)C2)C1.I. The van der Waals surface area contributed by atoms with Crippen LogP contribution in [-0.4, -0.2) is 42.9 Å². The summed E-state index contributed by atoms with van der Waals surface area (Å²) in [5.41, 5.74) is 1.27. The number of carbonyl (C=O) groups is 1. The first-order chi connectivity index (χ1) is 11.6. The molecular weight excluding hydrogens is 495 g/mol. The standard InChI is InChI=1S/C18H25BrN4O.HI/c1-2-20-17(21-11-14-5-3-6-15(19)9-14)23-8-4-7-18(13-23)10-16(24)22-12-18;/h3,5-6,9H,2,4,7-8,10-13H2,1H3,(H,20,21)(H,22,24);1H. The number of nitrogens with zero attached hydrogens (tertiary/aromatic N) is 2. The molecule has 2 aliphatic heterocycles. The predicted molar refractivity (Wildman–Crippen MR) is 115 cm³/mol. The number of carbonyl (C=O) groups excluding carboxylic acids is 1. The number of aliphatic imine (C=N–C) groups is 1. The maximum atomic E-state index is 11.7. The smallest absolute Gasteiger partial charge is 0.220 e. The molecule has 1 amide bonds. The van der Waals surface area contributed by atoms with E-state index >= 15 is 0 Å². The van der Waals surface area contributed by atoms with Crippen molar-refractivity contribution < 1.29 is 4.79 Å². The monoisotopic (exact) mass is 520 g/mol. The Morgan fingerprint density at radius 2 is 2.32 bits per heavy atom. The van der Waals surface area contributed by atoms with Gasteiger partial charge >= 0.3 is 0 Å². The van der Waals surface area contributed by atoms with Crippen LogP contribution in [0, 0.1) is 5.41 Å². The Hall–Kier alpha value is -0.830. The van der Waals surface area contributed by atoms with Gasteiger partial charge in [0.2, 0.25) is 5.91 Å². The molecule has 138 valence electrons. The number of halogens is 2. The highest BCUT2D eigenvalue weighted by Gasteiger charge is 2.42. The van der Waals surface area contributed by atoms with Gasteiger partial charge in [-0.05, 0) is 37.5 Å². The van der Waals surface area contributed by atoms with Gasteiger partial charge in [0, 0.05) is 42.5 Å². The lowest BCUT2D eigenvalue weighted by atomic mass is 9.79. The number of likely N-dealkylation sites (tertiary alicyclic amines) is 1. The molecule has 2 N–H and O–H groups in total. The van der Waals surface area contributed by atoms with Crippen molar-refractivity contribution in [1.82, 2.24) is 15.5 Å². The van der Waals surface area contributed by atoms with Gasteiger partial charge in [-0.25, -0.2) is 4.99 Å². The van der Waals surface area contributed by atoms with Crippen molar-refractivity contribution >= 4 is 51.8 Å². The minimum absolute atomic E-state index is 0. The zero-order chi connectivity index (χ0) is 17.0. The van der Waals surface area contributed by atoms with Crippen LogP contribution < -0.4 is 10.6 Å². The second kappa shape index (κ2) is 9.21. The summed E-state index contributed by atoms with van der Waals surface area (Å²) in [5.74, 6) is 1.14. The van der Waals surface area contributed by atoms with E-state index in [1.54, 1.807) is 0 Å². The zero-order valence-electron chi connectivity index (χ0n) is 14.6. The third-order valence-corrected chi connectivity index (χ3v) is 5.29. The maximum Gasteiger partial charge on any atom is 0.220 e. The van der Waals surface area contributed by atoms with E-state index in [0.29, 0.717) is 13.0 Å². The number of hydrogen-bond acceptors (Lipinski definition) is 2. The Kier molecular flexibility index (Phi) is 7.54. The number of amides is 1. The largest absolute Gasteiger partial charge is 0.357 e. The van der Waals surface area contributed by atoms with E-state index in [9.17, 15) is 4.79 Å². The lowest BCUT2D eigenvalue weighted by Gasteiger charge is -2.40. The fourth-order valence-electron chi connectivity index (χ4n) is 3.66. The van der Waals surface area contributed by atoms with Gasteiger partial charge in [0.15, 0.2) is 5.96 Å². The third kappa shape index (κ3) is 5.32. The third-order valence-electron chi connectivity index (χ3n) is 4.79. The minimum Gasteiger partial charge on any atom is -0.357 e. The minimum atomic E-state index is 0. The van der Waals surface area contributed by atoms with Crippen molar-refractivity contribution in [1.29, 1.82) is 0 Å². The predicted octanol–water partition coefficient (Wildman–Crippen LogP) is 3.13. The number of piperidine rings is 1. The van der Waals surface area contributed by atoms with Crippen LogP contribution in [0.25, 0.3) is 0 Å². The van der Waals surface area contributed by atoms with Crippen molar-refractivity contribution in [2.24, 2.45) is 10.4 Å². The molecule has 25 heavy (non-hydrogen) atoms. The molecule has 1 spiro atoms. The van der Waals surface area contributed by atoms with Gasteiger partial charge in [0.25, 0.3) is 0 Å². The van der Waals surface area contributed by atoms with Crippen LogP contribution in [0.4, 0.5) is 0 Å². The first-order valence-electron chi connectivity index (χ1n) is 8.65. The molecule has 1 unspecified atom stereocenters. The first kappa shape index (κ1) is 20.5. The molecule has 0 aromatic heterocycles. The Morgan fingerprint density at radius 3 is 3.00 bits per heavy atom. The lowest BCUT2D eigenvalue weighted by molar-refractivity contribution is -0.119. The highest BCUT2D eigenvalue weighted by molar-refractivity contribution is 14.0. The van der Waals surface area contributed by atoms with Crippen LogP contribution in [0.15, 0.2) is 33.7 Å². The molecule has 0 saturated carbocycles. The van der Waals surface area contributed by atoms with Crippen LogP contribution >= 0.6 is 39.9 Å². The maximum absolute atomic E-state index is 11.7. The summed E-state index contributed by atoms with van der Waals surface area (Å²) in [7, 11) is 0. The van der Waals surface area contributed by atoms with Gasteiger partial charge in [0.1, 0.15) is 0 Å². The van der Waals surface area contributed by atoms with Crippen molar-refractivity contribution in [3.05, 3.63) is 34.3 Å². The summed E-state index contributed by atoms with van der Waals surface area (Å²) in [5, 5.41) is 6.42. The van der Waals surface area contributed by atoms with Crippen molar-refractivity contribution in [2.75, 3.05) is 26.2 Å². The topological polar surface area (TPSA) is 56.7 Å². The van der Waals surface area contributed by atoms with Gasteiger partial charge in [-0.3, -0.25) is 4.79 Å². The van der Waals surface area contributed by atoms with E-state index < -0.39 is 0 Å². The van der Waals surface area contributed by atoms with Crippen LogP contribution in [-0.2, 0) is 11.3 Å². The molecule has 1 aromatic carbocycles. The average Bonchev–Trinajstić information content (AvgIpc) is 2.91. The molecule has 2 heterocycles. The molecule has 0 aliphatic carbocycles. The van der Waals surface area contributed by atoms with Crippen LogP contribution in [0.1, 0.15) is 31.7 Å². The van der Waals surface area contributed by atoms with Crippen molar-refractivity contribution in [2.45, 2.75) is 32.7 Å². The van der Waals surface area contributed by atoms with Gasteiger partial charge < -0.3 is 15.5 Å². The molecule has 0 radical (unpaired) electrons. The van der Waals surface area contributed by atoms with E-state index in [4.69, 9.17) is 4.99 Å². The highest BCUT2D eigenvalue weighted by Crippen LogP contribution is 2.36. The van der Waals surface area contributed by atoms with Crippen molar-refractivity contribution in [3.63, 3.8) is 0 Å². The highest BCUT2D eigenvalue weighted by atomic mass is 127. The average molecular weight is 521 g/mol. The van der Waals surface area contributed by atoms with Gasteiger partial charge in [-0.15, -0.1) is 24.0 Å². The molecule has 2 saturated heterocycles. The second-order valence-electron chi connectivity index (χ2n) is 6.78. The summed E-state index contributed by atoms with van der Waals surface area (Å²) in [4.78, 5) is 18.8. The van der Waals surface area contributed by atoms with Crippen LogP contribution in [0.2, 0.25) is 0 Å². The fraction of sp³-hybridized carbons (Fsp3) is 0.556. The van der Waals surface area contributed by atoms with Crippen LogP contribution in [0.5, 0.6) is 0 Å². The first-order valence-corrected chi connectivity index (χ1v) is 9.44. The molecule has 2 aliphatic rings. The summed E-state index contributed by atoms with van der Waals surface area (Å²) in [6, 6.07) is 8.25.